The van der Waals surface area contributed by atoms with Crippen molar-refractivity contribution in [1.29, 1.82) is 0 Å². The summed E-state index contributed by atoms with van der Waals surface area (Å²) in [5.41, 5.74) is 0. The van der Waals surface area contributed by atoms with E-state index in [2.05, 4.69) is 0 Å². The number of benzene rings is 1. The molecule has 1 aromatic carbocycles. The zero-order valence-electron chi connectivity index (χ0n) is 13.0. The highest BCUT2D eigenvalue weighted by Crippen LogP contribution is 2.44. The van der Waals surface area contributed by atoms with Gasteiger partial charge in [0.2, 0.25) is 0 Å². The molecule has 2 fully saturated rings. The van der Waals surface area contributed by atoms with Gasteiger partial charge >= 0.3 is 5.97 Å². The fourth-order valence-corrected chi connectivity index (χ4v) is 3.76. The Morgan fingerprint density at radius 3 is 2.96 bits per heavy atom. The summed E-state index contributed by atoms with van der Waals surface area (Å²) in [5, 5.41) is 10.5. The molecule has 132 valence electrons. The van der Waals surface area contributed by atoms with Crippen LogP contribution in [0.1, 0.15) is 25.7 Å². The Hall–Kier alpha value is -1.40. The number of aliphatic hydroxyl groups excluding tert-OH is 1. The Kier molecular flexibility index (Phi) is 4.97. The Bertz CT molecular complexity index is 610. The van der Waals surface area contributed by atoms with Crippen molar-refractivity contribution in [2.75, 3.05) is 6.61 Å². The van der Waals surface area contributed by atoms with Crippen LogP contribution >= 0.6 is 11.6 Å². The molecule has 24 heavy (non-hydrogen) atoms. The monoisotopic (exact) mass is 360 g/mol. The molecule has 1 aliphatic heterocycles. The summed E-state index contributed by atoms with van der Waals surface area (Å²) in [7, 11) is 0. The maximum Gasteiger partial charge on any atom is 0.306 e. The highest BCUT2D eigenvalue weighted by Gasteiger charge is 2.50. The number of alkyl halides is 2. The number of fused-ring (bicyclic) bond motifs is 1. The van der Waals surface area contributed by atoms with Crippen LogP contribution < -0.4 is 4.74 Å². The molecule has 0 aromatic heterocycles. The summed E-state index contributed by atoms with van der Waals surface area (Å²) in [6.45, 7) is -0.750. The van der Waals surface area contributed by atoms with Gasteiger partial charge in [-0.3, -0.25) is 4.79 Å². The first-order valence-corrected chi connectivity index (χ1v) is 8.35. The Labute approximate surface area is 143 Å². The lowest BCUT2D eigenvalue weighted by molar-refractivity contribution is -0.141. The number of carbonyl (C=O) groups excluding carboxylic acids is 1. The van der Waals surface area contributed by atoms with Gasteiger partial charge in [-0.25, -0.2) is 8.78 Å². The number of ether oxygens (including phenoxy) is 2. The number of halogens is 3. The molecule has 1 aliphatic carbocycles. The molecule has 0 amide bonds. The van der Waals surface area contributed by atoms with E-state index >= 15 is 0 Å². The van der Waals surface area contributed by atoms with Crippen LogP contribution in [0.3, 0.4) is 0 Å². The number of carbonyl (C=O) groups is 1. The van der Waals surface area contributed by atoms with E-state index < -0.39 is 25.1 Å². The third kappa shape index (κ3) is 3.98. The fraction of sp³-hybridized carbons (Fsp3) is 0.588. The molecule has 0 unspecified atom stereocenters. The zero-order valence-corrected chi connectivity index (χ0v) is 13.7. The number of esters is 1. The quantitative estimate of drug-likeness (QED) is 0.789. The summed E-state index contributed by atoms with van der Waals surface area (Å²) < 4.78 is 38.4. The number of hydrogen-bond acceptors (Lipinski definition) is 4. The van der Waals surface area contributed by atoms with Gasteiger partial charge in [0.15, 0.2) is 6.61 Å². The van der Waals surface area contributed by atoms with Crippen LogP contribution in [-0.2, 0) is 9.53 Å². The van der Waals surface area contributed by atoms with E-state index in [4.69, 9.17) is 21.1 Å². The standard InChI is InChI=1S/C17H19ClF2O4/c18-10-2-1-3-11(6-10)23-9-17(19,20)5-4-12-13-7-16(22)24-15(13)8-14(12)21/h1-3,6,12-15,21H,4-5,7-9H2/t12-,13-,14-,15+/m1/s1. The summed E-state index contributed by atoms with van der Waals surface area (Å²) >= 11 is 5.79. The van der Waals surface area contributed by atoms with Crippen LogP contribution in [0.15, 0.2) is 24.3 Å². The number of aliphatic hydroxyl groups is 1. The van der Waals surface area contributed by atoms with Crippen molar-refractivity contribution in [3.63, 3.8) is 0 Å². The summed E-state index contributed by atoms with van der Waals surface area (Å²) in [4.78, 5) is 11.3. The van der Waals surface area contributed by atoms with Crippen LogP contribution in [0.25, 0.3) is 0 Å². The first-order chi connectivity index (χ1) is 11.3. The van der Waals surface area contributed by atoms with Crippen LogP contribution in [0.4, 0.5) is 8.78 Å². The molecule has 0 bridgehead atoms. The molecule has 1 heterocycles. The molecule has 3 rings (SSSR count). The second-order valence-corrected chi connectivity index (χ2v) is 6.94. The fourth-order valence-electron chi connectivity index (χ4n) is 3.58. The second kappa shape index (κ2) is 6.84. The summed E-state index contributed by atoms with van der Waals surface area (Å²) in [6.07, 6.45) is -0.758. The number of rotatable bonds is 6. The first-order valence-electron chi connectivity index (χ1n) is 7.98. The lowest BCUT2D eigenvalue weighted by Gasteiger charge is -2.23. The lowest BCUT2D eigenvalue weighted by Crippen LogP contribution is -2.29. The molecule has 0 radical (unpaired) electrons. The van der Waals surface area contributed by atoms with Crippen molar-refractivity contribution in [3.05, 3.63) is 29.3 Å². The van der Waals surface area contributed by atoms with Crippen molar-refractivity contribution in [1.82, 2.24) is 0 Å². The van der Waals surface area contributed by atoms with Gasteiger partial charge in [0, 0.05) is 23.8 Å². The molecule has 1 saturated carbocycles. The van der Waals surface area contributed by atoms with E-state index in [9.17, 15) is 18.7 Å². The molecule has 4 atom stereocenters. The molecule has 7 heteroatoms. The third-order valence-electron chi connectivity index (χ3n) is 4.77. The van der Waals surface area contributed by atoms with Gasteiger partial charge in [0.25, 0.3) is 5.92 Å². The predicted octanol–water partition coefficient (Wildman–Crippen LogP) is 3.45. The van der Waals surface area contributed by atoms with Gasteiger partial charge in [-0.05, 0) is 30.5 Å². The van der Waals surface area contributed by atoms with Gasteiger partial charge in [-0.15, -0.1) is 0 Å². The van der Waals surface area contributed by atoms with Crippen LogP contribution in [0, 0.1) is 11.8 Å². The normalized spacial score (nSPS) is 29.4. The van der Waals surface area contributed by atoms with Gasteiger partial charge in [0.1, 0.15) is 11.9 Å². The molecule has 1 N–H and O–H groups in total. The Balaban J connectivity index is 1.52. The molecular weight excluding hydrogens is 342 g/mol. The largest absolute Gasteiger partial charge is 0.487 e. The van der Waals surface area contributed by atoms with E-state index in [-0.39, 0.29) is 42.5 Å². The SMILES string of the molecule is O=C1C[C@@H]2[C@@H](CCC(F)(F)COc3cccc(Cl)c3)[C@H](O)C[C@@H]2O1. The van der Waals surface area contributed by atoms with E-state index in [0.29, 0.717) is 11.4 Å². The minimum atomic E-state index is -3.02. The minimum absolute atomic E-state index is 0.130. The number of hydrogen-bond donors (Lipinski definition) is 1. The molecule has 4 nitrogen and oxygen atoms in total. The molecule has 1 aromatic rings. The molecule has 0 spiro atoms. The molecule has 2 aliphatic rings. The maximum atomic E-state index is 14.1. The molecule has 1 saturated heterocycles. The third-order valence-corrected chi connectivity index (χ3v) is 5.01. The second-order valence-electron chi connectivity index (χ2n) is 6.50. The average molecular weight is 361 g/mol. The van der Waals surface area contributed by atoms with Gasteiger partial charge < -0.3 is 14.6 Å². The lowest BCUT2D eigenvalue weighted by atomic mass is 9.87. The van der Waals surface area contributed by atoms with Gasteiger partial charge in [-0.2, -0.15) is 0 Å². The molecular formula is C17H19ClF2O4. The zero-order chi connectivity index (χ0) is 17.3. The average Bonchev–Trinajstić information content (AvgIpc) is 2.98. The van der Waals surface area contributed by atoms with E-state index in [1.165, 1.54) is 6.07 Å². The van der Waals surface area contributed by atoms with Crippen molar-refractivity contribution >= 4 is 17.6 Å². The van der Waals surface area contributed by atoms with E-state index in [0.717, 1.165) is 0 Å². The minimum Gasteiger partial charge on any atom is -0.487 e. The van der Waals surface area contributed by atoms with Crippen molar-refractivity contribution in [2.24, 2.45) is 11.8 Å². The highest BCUT2D eigenvalue weighted by atomic mass is 35.5. The van der Waals surface area contributed by atoms with E-state index in [1.54, 1.807) is 18.2 Å². The summed E-state index contributed by atoms with van der Waals surface area (Å²) in [6, 6.07) is 6.30. The van der Waals surface area contributed by atoms with Crippen LogP contribution in [-0.4, -0.2) is 35.8 Å². The van der Waals surface area contributed by atoms with E-state index in [1.807, 2.05) is 0 Å². The Morgan fingerprint density at radius 2 is 2.21 bits per heavy atom. The van der Waals surface area contributed by atoms with Crippen molar-refractivity contribution in [2.45, 2.75) is 43.8 Å². The van der Waals surface area contributed by atoms with Crippen LogP contribution in [0.2, 0.25) is 5.02 Å². The maximum absolute atomic E-state index is 14.1. The Morgan fingerprint density at radius 1 is 1.42 bits per heavy atom. The van der Waals surface area contributed by atoms with Gasteiger partial charge in [-0.1, -0.05) is 17.7 Å². The smallest absolute Gasteiger partial charge is 0.306 e. The van der Waals surface area contributed by atoms with Gasteiger partial charge in [0.05, 0.1) is 12.5 Å². The topological polar surface area (TPSA) is 55.8 Å². The first kappa shape index (κ1) is 17.4. The highest BCUT2D eigenvalue weighted by molar-refractivity contribution is 6.30. The van der Waals surface area contributed by atoms with Crippen molar-refractivity contribution in [3.8, 4) is 5.75 Å². The van der Waals surface area contributed by atoms with Crippen LogP contribution in [0.5, 0.6) is 5.75 Å². The van der Waals surface area contributed by atoms with Crippen molar-refractivity contribution < 1.29 is 28.2 Å². The summed E-state index contributed by atoms with van der Waals surface area (Å²) in [5.74, 6) is -3.53. The predicted molar refractivity (Wildman–Crippen MR) is 83.2 cm³/mol.